The van der Waals surface area contributed by atoms with Crippen LogP contribution < -0.4 is 10.6 Å². The molecule has 0 aliphatic rings. The van der Waals surface area contributed by atoms with Crippen LogP contribution in [0.4, 0.5) is 23.1 Å². The third kappa shape index (κ3) is 3.57. The van der Waals surface area contributed by atoms with Crippen molar-refractivity contribution in [2.24, 2.45) is 0 Å². The minimum Gasteiger partial charge on any atom is -0.339 e. The second-order valence-electron chi connectivity index (χ2n) is 4.68. The molecule has 3 aromatic rings. The number of hydrogen-bond donors (Lipinski definition) is 2. The van der Waals surface area contributed by atoms with E-state index in [1.54, 1.807) is 24.4 Å². The maximum absolute atomic E-state index is 9.12. The molecule has 2 heterocycles. The van der Waals surface area contributed by atoms with Crippen LogP contribution in [0, 0.1) is 18.3 Å². The van der Waals surface area contributed by atoms with E-state index >= 15 is 0 Å². The zero-order valence-corrected chi connectivity index (χ0v) is 12.4. The van der Waals surface area contributed by atoms with E-state index in [0.29, 0.717) is 34.5 Å². The minimum atomic E-state index is 0.548. The van der Waals surface area contributed by atoms with Gasteiger partial charge in [0, 0.05) is 12.3 Å². The molecule has 2 aromatic heterocycles. The molecule has 7 heteroatoms. The van der Waals surface area contributed by atoms with Crippen LogP contribution in [0.15, 0.2) is 48.9 Å². The van der Waals surface area contributed by atoms with Crippen molar-refractivity contribution in [3.8, 4) is 6.07 Å². The fraction of sp³-hybridized carbons (Fsp3) is 0.0625. The highest BCUT2D eigenvalue weighted by Gasteiger charge is 2.04. The van der Waals surface area contributed by atoms with Crippen LogP contribution in [-0.4, -0.2) is 19.9 Å². The summed E-state index contributed by atoms with van der Waals surface area (Å²) in [5.41, 5.74) is 1.24. The van der Waals surface area contributed by atoms with Crippen molar-refractivity contribution in [2.45, 2.75) is 6.92 Å². The predicted molar refractivity (Wildman–Crippen MR) is 86.5 cm³/mol. The lowest BCUT2D eigenvalue weighted by Gasteiger charge is -2.09. The van der Waals surface area contributed by atoms with Crippen LogP contribution in [-0.2, 0) is 0 Å². The Bertz CT molecular complexity index is 870. The first-order valence-corrected chi connectivity index (χ1v) is 6.89. The molecule has 0 aliphatic carbocycles. The molecule has 0 bridgehead atoms. The number of para-hydroxylation sites is 1. The number of anilines is 4. The minimum absolute atomic E-state index is 0.548. The number of nitrogens with one attached hydrogen (secondary N) is 2. The van der Waals surface area contributed by atoms with Crippen molar-refractivity contribution >= 4 is 23.1 Å². The molecule has 0 saturated carbocycles. The molecule has 0 atom stereocenters. The largest absolute Gasteiger partial charge is 0.339 e. The maximum atomic E-state index is 9.12. The van der Waals surface area contributed by atoms with Crippen molar-refractivity contribution < 1.29 is 0 Å². The summed E-state index contributed by atoms with van der Waals surface area (Å²) in [6.07, 6.45) is 3.11. The molecule has 0 radical (unpaired) electrons. The first-order valence-electron chi connectivity index (χ1n) is 6.89. The smallest absolute Gasteiger partial charge is 0.137 e. The molecule has 0 aliphatic heterocycles. The van der Waals surface area contributed by atoms with Crippen molar-refractivity contribution in [1.29, 1.82) is 5.26 Å². The zero-order valence-electron chi connectivity index (χ0n) is 12.4. The van der Waals surface area contributed by atoms with Crippen LogP contribution in [0.3, 0.4) is 0 Å². The maximum Gasteiger partial charge on any atom is 0.137 e. The Balaban J connectivity index is 1.81. The van der Waals surface area contributed by atoms with E-state index in [1.165, 1.54) is 6.33 Å². The molecule has 1 aromatic carbocycles. The molecule has 0 spiro atoms. The molecular weight excluding hydrogens is 290 g/mol. The highest BCUT2D eigenvalue weighted by atomic mass is 15.1. The first-order chi connectivity index (χ1) is 11.2. The van der Waals surface area contributed by atoms with Crippen molar-refractivity contribution in [3.63, 3.8) is 0 Å². The van der Waals surface area contributed by atoms with Gasteiger partial charge in [0.2, 0.25) is 0 Å². The van der Waals surface area contributed by atoms with E-state index in [2.05, 4.69) is 36.6 Å². The van der Waals surface area contributed by atoms with E-state index in [-0.39, 0.29) is 0 Å². The number of rotatable bonds is 4. The summed E-state index contributed by atoms with van der Waals surface area (Å²) in [6, 6.07) is 12.9. The third-order valence-electron chi connectivity index (χ3n) is 3.01. The van der Waals surface area contributed by atoms with Gasteiger partial charge in [0.25, 0.3) is 0 Å². The Hall–Kier alpha value is -3.53. The second-order valence-corrected chi connectivity index (χ2v) is 4.68. The summed E-state index contributed by atoms with van der Waals surface area (Å²) in [4.78, 5) is 16.6. The average Bonchev–Trinajstić information content (AvgIpc) is 2.56. The summed E-state index contributed by atoms with van der Waals surface area (Å²) in [5, 5.41) is 15.3. The van der Waals surface area contributed by atoms with E-state index in [0.717, 1.165) is 0 Å². The summed E-state index contributed by atoms with van der Waals surface area (Å²) < 4.78 is 0. The third-order valence-corrected chi connectivity index (χ3v) is 3.01. The molecular formula is C16H13N7. The van der Waals surface area contributed by atoms with Crippen LogP contribution in [0.25, 0.3) is 0 Å². The lowest BCUT2D eigenvalue weighted by Crippen LogP contribution is -2.01. The zero-order chi connectivity index (χ0) is 16.1. The molecule has 7 nitrogen and oxygen atoms in total. The van der Waals surface area contributed by atoms with Crippen LogP contribution in [0.5, 0.6) is 0 Å². The van der Waals surface area contributed by atoms with Gasteiger partial charge >= 0.3 is 0 Å². The lowest BCUT2D eigenvalue weighted by molar-refractivity contribution is 1.05. The van der Waals surface area contributed by atoms with Crippen LogP contribution in [0.1, 0.15) is 11.4 Å². The Labute approximate surface area is 133 Å². The number of nitrogens with zero attached hydrogens (tertiary/aromatic N) is 5. The number of aromatic nitrogens is 4. The van der Waals surface area contributed by atoms with Gasteiger partial charge < -0.3 is 10.6 Å². The van der Waals surface area contributed by atoms with E-state index < -0.39 is 0 Å². The van der Waals surface area contributed by atoms with Gasteiger partial charge in [0.15, 0.2) is 0 Å². The predicted octanol–water partition coefficient (Wildman–Crippen LogP) is 2.93. The van der Waals surface area contributed by atoms with Crippen molar-refractivity contribution in [1.82, 2.24) is 19.9 Å². The molecule has 2 N–H and O–H groups in total. The summed E-state index contributed by atoms with van der Waals surface area (Å²) in [7, 11) is 0. The molecule has 0 amide bonds. The second kappa shape index (κ2) is 6.49. The van der Waals surface area contributed by atoms with Crippen LogP contribution in [0.2, 0.25) is 0 Å². The lowest BCUT2D eigenvalue weighted by atomic mass is 10.2. The average molecular weight is 303 g/mol. The molecule has 23 heavy (non-hydrogen) atoms. The van der Waals surface area contributed by atoms with Crippen molar-refractivity contribution in [3.05, 3.63) is 60.3 Å². The van der Waals surface area contributed by atoms with E-state index in [4.69, 9.17) is 5.26 Å². The SMILES string of the molecule is Cc1nccc(Nc2cc(Nc3ccccc3C#N)ncn2)n1. The molecule has 112 valence electrons. The van der Waals surface area contributed by atoms with Gasteiger partial charge in [-0.05, 0) is 25.1 Å². The van der Waals surface area contributed by atoms with Gasteiger partial charge in [-0.1, -0.05) is 12.1 Å². The summed E-state index contributed by atoms with van der Waals surface area (Å²) in [6.45, 7) is 1.82. The number of aryl methyl sites for hydroxylation is 1. The van der Waals surface area contributed by atoms with Gasteiger partial charge in [-0.25, -0.2) is 19.9 Å². The van der Waals surface area contributed by atoms with E-state index in [9.17, 15) is 0 Å². The van der Waals surface area contributed by atoms with Gasteiger partial charge in [0.1, 0.15) is 35.7 Å². The number of benzene rings is 1. The number of nitriles is 1. The highest BCUT2D eigenvalue weighted by Crippen LogP contribution is 2.20. The standard InChI is InChI=1S/C16H13N7/c1-11-18-7-6-14(21-11)23-16-8-15(19-10-20-16)22-13-5-3-2-4-12(13)9-17/h2-8,10H,1H3,(H2,18,19,20,21,22,23). The normalized spacial score (nSPS) is 9.91. The summed E-state index contributed by atoms with van der Waals surface area (Å²) in [5.74, 6) is 2.50. The van der Waals surface area contributed by atoms with Gasteiger partial charge in [-0.15, -0.1) is 0 Å². The van der Waals surface area contributed by atoms with E-state index in [1.807, 2.05) is 25.1 Å². The Morgan fingerprint density at radius 2 is 1.74 bits per heavy atom. The molecule has 0 saturated heterocycles. The summed E-state index contributed by atoms with van der Waals surface area (Å²) >= 11 is 0. The Morgan fingerprint density at radius 3 is 2.52 bits per heavy atom. The Morgan fingerprint density at radius 1 is 0.957 bits per heavy atom. The van der Waals surface area contributed by atoms with Crippen molar-refractivity contribution in [2.75, 3.05) is 10.6 Å². The fourth-order valence-electron chi connectivity index (χ4n) is 1.98. The fourth-order valence-corrected chi connectivity index (χ4v) is 1.98. The van der Waals surface area contributed by atoms with Crippen LogP contribution >= 0.6 is 0 Å². The monoisotopic (exact) mass is 303 g/mol. The quantitative estimate of drug-likeness (QED) is 0.764. The topological polar surface area (TPSA) is 99.4 Å². The molecule has 0 fully saturated rings. The Kier molecular flexibility index (Phi) is 4.07. The van der Waals surface area contributed by atoms with Gasteiger partial charge in [0.05, 0.1) is 11.3 Å². The molecule has 0 unspecified atom stereocenters. The van der Waals surface area contributed by atoms with Gasteiger partial charge in [-0.3, -0.25) is 0 Å². The molecule has 3 rings (SSSR count). The van der Waals surface area contributed by atoms with Gasteiger partial charge in [-0.2, -0.15) is 5.26 Å². The highest BCUT2D eigenvalue weighted by molar-refractivity contribution is 5.66. The number of hydrogen-bond acceptors (Lipinski definition) is 7. The first kappa shape index (κ1) is 14.4.